The minimum absolute atomic E-state index is 0.0102. The van der Waals surface area contributed by atoms with Crippen molar-refractivity contribution < 1.29 is 9.32 Å². The number of hydrogen-bond acceptors (Lipinski definition) is 4. The molecule has 1 aromatic heterocycles. The summed E-state index contributed by atoms with van der Waals surface area (Å²) >= 11 is 0. The van der Waals surface area contributed by atoms with Crippen molar-refractivity contribution >= 4 is 5.91 Å². The van der Waals surface area contributed by atoms with Gasteiger partial charge < -0.3 is 14.7 Å². The molecule has 92 valence electrons. The molecule has 0 saturated carbocycles. The molecule has 1 N–H and O–H groups in total. The number of carbonyl (C=O) groups excluding carboxylic acids is 1. The van der Waals surface area contributed by atoms with Crippen LogP contribution in [0.2, 0.25) is 0 Å². The molecule has 5 nitrogen and oxygen atoms in total. The number of nitrogens with one attached hydrogen (secondary N) is 1. The number of piperidine rings is 1. The lowest BCUT2D eigenvalue weighted by Crippen LogP contribution is -2.50. The Morgan fingerprint density at radius 3 is 3.24 bits per heavy atom. The van der Waals surface area contributed by atoms with E-state index in [9.17, 15) is 4.79 Å². The van der Waals surface area contributed by atoms with Crippen molar-refractivity contribution in [1.82, 2.24) is 15.4 Å². The molecule has 5 heteroatoms. The lowest BCUT2D eigenvalue weighted by Gasteiger charge is -2.36. The van der Waals surface area contributed by atoms with Crippen LogP contribution in [0, 0.1) is 6.92 Å². The Morgan fingerprint density at radius 1 is 1.59 bits per heavy atom. The summed E-state index contributed by atoms with van der Waals surface area (Å²) in [6.45, 7) is 3.67. The van der Waals surface area contributed by atoms with E-state index >= 15 is 0 Å². The second-order valence-corrected chi connectivity index (χ2v) is 4.89. The average molecular weight is 235 g/mol. The zero-order valence-corrected chi connectivity index (χ0v) is 9.98. The second-order valence-electron chi connectivity index (χ2n) is 4.89. The summed E-state index contributed by atoms with van der Waals surface area (Å²) < 4.78 is 5.07. The fourth-order valence-electron chi connectivity index (χ4n) is 2.93. The van der Waals surface area contributed by atoms with Crippen molar-refractivity contribution in [2.75, 3.05) is 13.1 Å². The summed E-state index contributed by atoms with van der Waals surface area (Å²) in [6.07, 6.45) is 3.28. The molecule has 0 aromatic carbocycles. The molecule has 2 unspecified atom stereocenters. The van der Waals surface area contributed by atoms with Crippen LogP contribution in [0.5, 0.6) is 0 Å². The summed E-state index contributed by atoms with van der Waals surface area (Å²) in [5.74, 6) is 0.360. The van der Waals surface area contributed by atoms with E-state index in [1.807, 2.05) is 11.8 Å². The van der Waals surface area contributed by atoms with E-state index in [-0.39, 0.29) is 5.91 Å². The van der Waals surface area contributed by atoms with Crippen molar-refractivity contribution in [1.29, 1.82) is 0 Å². The Hall–Kier alpha value is -1.36. The van der Waals surface area contributed by atoms with Gasteiger partial charge in [0.05, 0.1) is 5.69 Å². The first-order valence-corrected chi connectivity index (χ1v) is 6.23. The highest BCUT2D eigenvalue weighted by Crippen LogP contribution is 2.25. The SMILES string of the molecule is Cc1cc(C(=O)N2CCCC3NCCC32)on1. The number of carbonyl (C=O) groups is 1. The maximum absolute atomic E-state index is 12.3. The number of amides is 1. The monoisotopic (exact) mass is 235 g/mol. The first kappa shape index (κ1) is 10.8. The van der Waals surface area contributed by atoms with E-state index in [1.165, 1.54) is 6.42 Å². The van der Waals surface area contributed by atoms with Gasteiger partial charge in [-0.2, -0.15) is 0 Å². The van der Waals surface area contributed by atoms with Gasteiger partial charge in [-0.3, -0.25) is 4.79 Å². The summed E-state index contributed by atoms with van der Waals surface area (Å²) in [4.78, 5) is 14.3. The number of aromatic nitrogens is 1. The maximum Gasteiger partial charge on any atom is 0.292 e. The fourth-order valence-corrected chi connectivity index (χ4v) is 2.93. The van der Waals surface area contributed by atoms with Crippen molar-refractivity contribution in [3.05, 3.63) is 17.5 Å². The molecule has 0 radical (unpaired) electrons. The highest BCUT2D eigenvalue weighted by molar-refractivity contribution is 5.91. The van der Waals surface area contributed by atoms with Crippen LogP contribution in [0.3, 0.4) is 0 Å². The van der Waals surface area contributed by atoms with E-state index in [4.69, 9.17) is 4.52 Å². The molecule has 17 heavy (non-hydrogen) atoms. The number of aryl methyl sites for hydroxylation is 1. The van der Waals surface area contributed by atoms with E-state index in [0.29, 0.717) is 17.8 Å². The van der Waals surface area contributed by atoms with Gasteiger partial charge in [-0.25, -0.2) is 0 Å². The Morgan fingerprint density at radius 2 is 2.47 bits per heavy atom. The van der Waals surface area contributed by atoms with Crippen LogP contribution in [0.1, 0.15) is 35.5 Å². The molecule has 0 spiro atoms. The molecule has 2 fully saturated rings. The van der Waals surface area contributed by atoms with E-state index in [1.54, 1.807) is 6.07 Å². The highest BCUT2D eigenvalue weighted by atomic mass is 16.5. The van der Waals surface area contributed by atoms with Crippen LogP contribution in [0.25, 0.3) is 0 Å². The first-order valence-electron chi connectivity index (χ1n) is 6.23. The van der Waals surface area contributed by atoms with Gasteiger partial charge in [0.1, 0.15) is 0 Å². The summed E-state index contributed by atoms with van der Waals surface area (Å²) in [5, 5.41) is 7.24. The number of fused-ring (bicyclic) bond motifs is 1. The quantitative estimate of drug-likeness (QED) is 0.787. The largest absolute Gasteiger partial charge is 0.351 e. The van der Waals surface area contributed by atoms with Gasteiger partial charge >= 0.3 is 0 Å². The number of rotatable bonds is 1. The second kappa shape index (κ2) is 4.14. The van der Waals surface area contributed by atoms with Gasteiger partial charge in [-0.15, -0.1) is 0 Å². The smallest absolute Gasteiger partial charge is 0.292 e. The van der Waals surface area contributed by atoms with Crippen LogP contribution in [0.15, 0.2) is 10.6 Å². The van der Waals surface area contributed by atoms with Gasteiger partial charge in [0.2, 0.25) is 5.76 Å². The zero-order chi connectivity index (χ0) is 11.8. The third kappa shape index (κ3) is 1.84. The maximum atomic E-state index is 12.3. The average Bonchev–Trinajstić information content (AvgIpc) is 2.95. The van der Waals surface area contributed by atoms with E-state index in [0.717, 1.165) is 31.6 Å². The third-order valence-electron chi connectivity index (χ3n) is 3.73. The third-order valence-corrected chi connectivity index (χ3v) is 3.73. The lowest BCUT2D eigenvalue weighted by molar-refractivity contribution is 0.0558. The van der Waals surface area contributed by atoms with Gasteiger partial charge in [-0.1, -0.05) is 5.16 Å². The number of nitrogens with zero attached hydrogens (tertiary/aromatic N) is 2. The molecular formula is C12H17N3O2. The van der Waals surface area contributed by atoms with Crippen LogP contribution in [0.4, 0.5) is 0 Å². The van der Waals surface area contributed by atoms with Crippen molar-refractivity contribution in [3.8, 4) is 0 Å². The molecule has 1 amide bonds. The Kier molecular flexibility index (Phi) is 2.63. The fraction of sp³-hybridized carbons (Fsp3) is 0.667. The normalized spacial score (nSPS) is 28.2. The van der Waals surface area contributed by atoms with Crippen LogP contribution >= 0.6 is 0 Å². The van der Waals surface area contributed by atoms with E-state index in [2.05, 4.69) is 10.5 Å². The van der Waals surface area contributed by atoms with Gasteiger partial charge in [0.25, 0.3) is 5.91 Å². The van der Waals surface area contributed by atoms with Crippen LogP contribution in [-0.2, 0) is 0 Å². The Balaban J connectivity index is 1.81. The standard InChI is InChI=1S/C12H17N3O2/c1-8-7-11(17-14-8)12(16)15-6-2-3-9-10(15)4-5-13-9/h7,9-10,13H,2-6H2,1H3. The molecular weight excluding hydrogens is 218 g/mol. The molecule has 0 bridgehead atoms. The topological polar surface area (TPSA) is 58.4 Å². The lowest BCUT2D eigenvalue weighted by atomic mass is 9.97. The predicted molar refractivity (Wildman–Crippen MR) is 61.7 cm³/mol. The first-order chi connectivity index (χ1) is 8.25. The van der Waals surface area contributed by atoms with Gasteiger partial charge in [-0.05, 0) is 32.7 Å². The molecule has 2 atom stereocenters. The minimum Gasteiger partial charge on any atom is -0.351 e. The summed E-state index contributed by atoms with van der Waals surface area (Å²) in [7, 11) is 0. The Bertz CT molecular complexity index is 429. The molecule has 3 rings (SSSR count). The van der Waals surface area contributed by atoms with Crippen molar-refractivity contribution in [2.45, 2.75) is 38.3 Å². The van der Waals surface area contributed by atoms with E-state index < -0.39 is 0 Å². The Labute approximate surface area is 100 Å². The molecule has 0 aliphatic carbocycles. The molecule has 3 heterocycles. The molecule has 2 aliphatic heterocycles. The number of likely N-dealkylation sites (tertiary alicyclic amines) is 1. The zero-order valence-electron chi connectivity index (χ0n) is 9.98. The molecule has 2 aliphatic rings. The predicted octanol–water partition coefficient (Wildman–Crippen LogP) is 0.950. The van der Waals surface area contributed by atoms with Crippen LogP contribution in [-0.4, -0.2) is 41.1 Å². The van der Waals surface area contributed by atoms with Crippen molar-refractivity contribution in [3.63, 3.8) is 0 Å². The minimum atomic E-state index is -0.0102. The van der Waals surface area contributed by atoms with Crippen LogP contribution < -0.4 is 5.32 Å². The molecule has 2 saturated heterocycles. The summed E-state index contributed by atoms with van der Waals surface area (Å²) in [5.41, 5.74) is 0.756. The molecule has 1 aromatic rings. The summed E-state index contributed by atoms with van der Waals surface area (Å²) in [6, 6.07) is 2.52. The highest BCUT2D eigenvalue weighted by Gasteiger charge is 2.38. The van der Waals surface area contributed by atoms with Gasteiger partial charge in [0.15, 0.2) is 0 Å². The van der Waals surface area contributed by atoms with Gasteiger partial charge in [0, 0.05) is 24.7 Å². The van der Waals surface area contributed by atoms with Crippen molar-refractivity contribution in [2.24, 2.45) is 0 Å². The number of hydrogen-bond donors (Lipinski definition) is 1.